The minimum atomic E-state index is -0.840. The summed E-state index contributed by atoms with van der Waals surface area (Å²) in [7, 11) is 0. The summed E-state index contributed by atoms with van der Waals surface area (Å²) in [4.78, 5) is 0. The van der Waals surface area contributed by atoms with Crippen LogP contribution in [0.15, 0.2) is 38.0 Å². The molecule has 0 spiro atoms. The molecule has 0 aromatic rings. The monoisotopic (exact) mass is 197 g/mol. The first-order chi connectivity index (χ1) is 4.85. The average molecular weight is 196 g/mol. The van der Waals surface area contributed by atoms with E-state index in [0.717, 1.165) is 0 Å². The van der Waals surface area contributed by atoms with Gasteiger partial charge in [0, 0.05) is 0 Å². The fraction of sp³-hybridized carbons (Fsp3) is 0.333. The van der Waals surface area contributed by atoms with E-state index >= 15 is 0 Å². The Morgan fingerprint density at radius 2 is 1.10 bits per heavy atom. The van der Waals surface area contributed by atoms with E-state index in [2.05, 4.69) is 19.7 Å². The SMILES string of the molecule is C=C[CH2][Ge]([CH2]C=C)[CH2]C=C. The molecule has 0 nitrogen and oxygen atoms in total. The molecule has 1 heteroatoms. The van der Waals surface area contributed by atoms with E-state index in [1.165, 1.54) is 15.8 Å². The van der Waals surface area contributed by atoms with E-state index in [9.17, 15) is 0 Å². The molecule has 0 saturated carbocycles. The van der Waals surface area contributed by atoms with Gasteiger partial charge in [0.25, 0.3) is 0 Å². The zero-order valence-electron chi connectivity index (χ0n) is 6.47. The van der Waals surface area contributed by atoms with Crippen molar-refractivity contribution in [1.82, 2.24) is 0 Å². The van der Waals surface area contributed by atoms with Gasteiger partial charge in [-0.15, -0.1) is 0 Å². The summed E-state index contributed by atoms with van der Waals surface area (Å²) in [6, 6.07) is 0. The maximum absolute atomic E-state index is 3.74. The molecule has 0 bridgehead atoms. The first-order valence-corrected chi connectivity index (χ1v) is 7.96. The van der Waals surface area contributed by atoms with Crippen molar-refractivity contribution in [3.8, 4) is 0 Å². The van der Waals surface area contributed by atoms with Crippen molar-refractivity contribution in [2.75, 3.05) is 0 Å². The van der Waals surface area contributed by atoms with Crippen LogP contribution < -0.4 is 0 Å². The zero-order valence-corrected chi connectivity index (χ0v) is 8.57. The van der Waals surface area contributed by atoms with Crippen molar-refractivity contribution in [3.63, 3.8) is 0 Å². The number of allylic oxidation sites excluding steroid dienone is 3. The van der Waals surface area contributed by atoms with Gasteiger partial charge in [0.2, 0.25) is 0 Å². The van der Waals surface area contributed by atoms with Crippen LogP contribution in [-0.4, -0.2) is 14.3 Å². The van der Waals surface area contributed by atoms with Crippen molar-refractivity contribution in [2.45, 2.75) is 15.8 Å². The van der Waals surface area contributed by atoms with E-state index in [4.69, 9.17) is 0 Å². The molecule has 0 N–H and O–H groups in total. The predicted molar refractivity (Wildman–Crippen MR) is 50.8 cm³/mol. The van der Waals surface area contributed by atoms with Crippen molar-refractivity contribution in [2.24, 2.45) is 0 Å². The average Bonchev–Trinajstić information content (AvgIpc) is 1.90. The zero-order chi connectivity index (χ0) is 7.82. The van der Waals surface area contributed by atoms with Crippen LogP contribution in [0.4, 0.5) is 0 Å². The molecule has 0 fully saturated rings. The van der Waals surface area contributed by atoms with E-state index in [-0.39, 0.29) is 0 Å². The Hall–Kier alpha value is -0.237. The van der Waals surface area contributed by atoms with Gasteiger partial charge in [0.05, 0.1) is 0 Å². The Kier molecular flexibility index (Phi) is 6.71. The molecule has 0 aliphatic rings. The summed E-state index contributed by atoms with van der Waals surface area (Å²) in [6.07, 6.45) is 6.09. The molecule has 0 unspecified atom stereocenters. The summed E-state index contributed by atoms with van der Waals surface area (Å²) in [6.45, 7) is 11.2. The predicted octanol–water partition coefficient (Wildman–Crippen LogP) is 3.04. The van der Waals surface area contributed by atoms with Crippen LogP contribution in [0.5, 0.6) is 0 Å². The van der Waals surface area contributed by atoms with Crippen LogP contribution in [0, 0.1) is 0 Å². The van der Waals surface area contributed by atoms with Gasteiger partial charge in [0.15, 0.2) is 0 Å². The second-order valence-electron chi connectivity index (χ2n) is 2.23. The van der Waals surface area contributed by atoms with Crippen molar-refractivity contribution in [3.05, 3.63) is 38.0 Å². The van der Waals surface area contributed by atoms with Crippen LogP contribution in [0.3, 0.4) is 0 Å². The molecule has 0 aromatic heterocycles. The summed E-state index contributed by atoms with van der Waals surface area (Å²) in [5, 5.41) is 3.70. The molecule has 0 aromatic carbocycles. The van der Waals surface area contributed by atoms with E-state index in [1.807, 2.05) is 18.2 Å². The quantitative estimate of drug-likeness (QED) is 0.452. The van der Waals surface area contributed by atoms with Gasteiger partial charge in [0.1, 0.15) is 0 Å². The van der Waals surface area contributed by atoms with Crippen LogP contribution in [0.1, 0.15) is 0 Å². The van der Waals surface area contributed by atoms with Gasteiger partial charge < -0.3 is 0 Å². The van der Waals surface area contributed by atoms with Gasteiger partial charge >= 0.3 is 68.1 Å². The first-order valence-electron chi connectivity index (χ1n) is 3.51. The fourth-order valence-corrected chi connectivity index (χ4v) is 4.48. The Morgan fingerprint density at radius 3 is 1.30 bits per heavy atom. The third-order valence-electron chi connectivity index (χ3n) is 1.30. The Labute approximate surface area is 68.4 Å². The molecule has 55 valence electrons. The standard InChI is InChI=1S/C9H15Ge/c1-4-7-10(8-5-2)9-6-3/h4-6H,1-3,7-9H2. The summed E-state index contributed by atoms with van der Waals surface area (Å²) in [5.74, 6) is 0. The topological polar surface area (TPSA) is 0 Å². The molecule has 0 rings (SSSR count). The summed E-state index contributed by atoms with van der Waals surface area (Å²) >= 11 is -0.840. The molecule has 0 amide bonds. The molecule has 10 heavy (non-hydrogen) atoms. The minimum absolute atomic E-state index is 0.840. The second kappa shape index (κ2) is 6.88. The van der Waals surface area contributed by atoms with Gasteiger partial charge in [-0.05, 0) is 0 Å². The van der Waals surface area contributed by atoms with Crippen LogP contribution in [0.2, 0.25) is 15.8 Å². The molecule has 0 aliphatic heterocycles. The third-order valence-corrected chi connectivity index (χ3v) is 6.75. The van der Waals surface area contributed by atoms with Crippen molar-refractivity contribution >= 4 is 14.3 Å². The Bertz CT molecular complexity index is 92.1. The number of hydrogen-bond acceptors (Lipinski definition) is 0. The van der Waals surface area contributed by atoms with E-state index in [1.54, 1.807) is 0 Å². The van der Waals surface area contributed by atoms with Gasteiger partial charge in [-0.2, -0.15) is 0 Å². The Balaban J connectivity index is 3.58. The van der Waals surface area contributed by atoms with Crippen LogP contribution >= 0.6 is 0 Å². The molecule has 1 radical (unpaired) electrons. The second-order valence-corrected chi connectivity index (χ2v) is 7.95. The van der Waals surface area contributed by atoms with Crippen molar-refractivity contribution < 1.29 is 0 Å². The number of hydrogen-bond donors (Lipinski definition) is 0. The molecule has 0 aliphatic carbocycles. The van der Waals surface area contributed by atoms with Crippen LogP contribution in [-0.2, 0) is 0 Å². The molecular weight excluding hydrogens is 181 g/mol. The maximum atomic E-state index is 3.74. The fourth-order valence-electron chi connectivity index (χ4n) is 0.862. The summed E-state index contributed by atoms with van der Waals surface area (Å²) in [5.41, 5.74) is 0. The van der Waals surface area contributed by atoms with E-state index in [0.29, 0.717) is 0 Å². The molecule has 0 atom stereocenters. The molecule has 0 heterocycles. The molecule has 0 saturated heterocycles. The summed E-state index contributed by atoms with van der Waals surface area (Å²) < 4.78 is 0. The van der Waals surface area contributed by atoms with Crippen molar-refractivity contribution in [1.29, 1.82) is 0 Å². The van der Waals surface area contributed by atoms with Crippen LogP contribution in [0.25, 0.3) is 0 Å². The van der Waals surface area contributed by atoms with Gasteiger partial charge in [-0.1, -0.05) is 0 Å². The Morgan fingerprint density at radius 1 is 0.800 bits per heavy atom. The number of rotatable bonds is 6. The first kappa shape index (κ1) is 9.76. The van der Waals surface area contributed by atoms with Gasteiger partial charge in [-0.3, -0.25) is 0 Å². The third kappa shape index (κ3) is 4.62. The van der Waals surface area contributed by atoms with Gasteiger partial charge in [-0.25, -0.2) is 0 Å². The molecular formula is C9H15Ge. The van der Waals surface area contributed by atoms with E-state index < -0.39 is 14.3 Å². The normalized spacial score (nSPS) is 9.30.